The summed E-state index contributed by atoms with van der Waals surface area (Å²) in [7, 11) is 0. The summed E-state index contributed by atoms with van der Waals surface area (Å²) in [5, 5.41) is 11.9. The van der Waals surface area contributed by atoms with Crippen LogP contribution in [0.1, 0.15) is 17.3 Å². The van der Waals surface area contributed by atoms with Crippen LogP contribution in [0.2, 0.25) is 0 Å². The first-order valence-electron chi connectivity index (χ1n) is 3.79. The second-order valence-electron chi connectivity index (χ2n) is 2.78. The third-order valence-electron chi connectivity index (χ3n) is 1.93. The molecule has 1 aromatic rings. The topological polar surface area (TPSA) is 58.3 Å². The lowest BCUT2D eigenvalue weighted by Gasteiger charge is -2.21. The van der Waals surface area contributed by atoms with Crippen LogP contribution in [0.3, 0.4) is 0 Å². The number of nitrogens with one attached hydrogen (secondary N) is 1. The van der Waals surface area contributed by atoms with Gasteiger partial charge in [-0.15, -0.1) is 0 Å². The highest BCUT2D eigenvalue weighted by atomic mass is 16.3. The molecule has 0 fully saturated rings. The SMILES string of the molecule is NC1NC(O)=Cc2ccccc21. The molecule has 3 heteroatoms. The average Bonchev–Trinajstić information content (AvgIpc) is 2.04. The highest BCUT2D eigenvalue weighted by Crippen LogP contribution is 2.21. The Labute approximate surface area is 70.5 Å². The Morgan fingerprint density at radius 2 is 2.08 bits per heavy atom. The summed E-state index contributed by atoms with van der Waals surface area (Å²) in [6, 6.07) is 7.71. The molecule has 1 unspecified atom stereocenters. The van der Waals surface area contributed by atoms with Crippen LogP contribution in [0.5, 0.6) is 0 Å². The Kier molecular flexibility index (Phi) is 1.52. The van der Waals surface area contributed by atoms with Crippen molar-refractivity contribution >= 4 is 6.08 Å². The van der Waals surface area contributed by atoms with E-state index in [4.69, 9.17) is 5.73 Å². The van der Waals surface area contributed by atoms with Crippen molar-refractivity contribution in [1.82, 2.24) is 5.32 Å². The minimum Gasteiger partial charge on any atom is -0.495 e. The summed E-state index contributed by atoms with van der Waals surface area (Å²) in [6.07, 6.45) is 1.37. The first kappa shape index (κ1) is 7.18. The van der Waals surface area contributed by atoms with E-state index in [-0.39, 0.29) is 12.0 Å². The van der Waals surface area contributed by atoms with Gasteiger partial charge in [0, 0.05) is 6.08 Å². The van der Waals surface area contributed by atoms with Crippen LogP contribution in [0.4, 0.5) is 0 Å². The molecular formula is C9H10N2O. The molecule has 0 aliphatic carbocycles. The van der Waals surface area contributed by atoms with Gasteiger partial charge in [-0.2, -0.15) is 0 Å². The first-order chi connectivity index (χ1) is 5.77. The summed E-state index contributed by atoms with van der Waals surface area (Å²) in [4.78, 5) is 0. The molecule has 3 nitrogen and oxygen atoms in total. The van der Waals surface area contributed by atoms with Gasteiger partial charge in [-0.3, -0.25) is 0 Å². The molecule has 0 saturated heterocycles. The molecule has 62 valence electrons. The fourth-order valence-electron chi connectivity index (χ4n) is 1.35. The number of aliphatic hydroxyl groups is 1. The summed E-state index contributed by atoms with van der Waals surface area (Å²) in [6.45, 7) is 0. The Morgan fingerprint density at radius 1 is 1.33 bits per heavy atom. The predicted octanol–water partition coefficient (Wildman–Crippen LogP) is 1.10. The van der Waals surface area contributed by atoms with Crippen LogP contribution < -0.4 is 11.1 Å². The zero-order valence-electron chi connectivity index (χ0n) is 6.49. The fourth-order valence-corrected chi connectivity index (χ4v) is 1.35. The van der Waals surface area contributed by atoms with Gasteiger partial charge in [-0.1, -0.05) is 24.3 Å². The van der Waals surface area contributed by atoms with Gasteiger partial charge in [-0.05, 0) is 11.1 Å². The molecule has 1 aliphatic heterocycles. The minimum absolute atomic E-state index is 0.126. The number of rotatable bonds is 0. The summed E-state index contributed by atoms with van der Waals surface area (Å²) in [5.41, 5.74) is 7.71. The number of aliphatic hydroxyl groups excluding tert-OH is 1. The maximum Gasteiger partial charge on any atom is 0.186 e. The Balaban J connectivity index is 2.55. The summed E-state index contributed by atoms with van der Waals surface area (Å²) < 4.78 is 0. The molecule has 0 aromatic heterocycles. The monoisotopic (exact) mass is 162 g/mol. The third-order valence-corrected chi connectivity index (χ3v) is 1.93. The van der Waals surface area contributed by atoms with Crippen molar-refractivity contribution in [1.29, 1.82) is 0 Å². The number of hydrogen-bond donors (Lipinski definition) is 3. The number of fused-ring (bicyclic) bond motifs is 1. The van der Waals surface area contributed by atoms with Gasteiger partial charge in [0.15, 0.2) is 5.88 Å². The lowest BCUT2D eigenvalue weighted by molar-refractivity contribution is 0.344. The van der Waals surface area contributed by atoms with E-state index < -0.39 is 0 Å². The maximum atomic E-state index is 9.20. The standard InChI is InChI=1S/C9H10N2O/c10-9-7-4-2-1-3-6(7)5-8(12)11-9/h1-5,9,11-12H,10H2. The van der Waals surface area contributed by atoms with Crippen LogP contribution >= 0.6 is 0 Å². The van der Waals surface area contributed by atoms with E-state index in [9.17, 15) is 5.11 Å². The summed E-state index contributed by atoms with van der Waals surface area (Å²) >= 11 is 0. The summed E-state index contributed by atoms with van der Waals surface area (Å²) in [5.74, 6) is 0.126. The molecule has 2 rings (SSSR count). The molecule has 1 heterocycles. The van der Waals surface area contributed by atoms with E-state index in [0.29, 0.717) is 0 Å². The second kappa shape index (κ2) is 2.53. The number of hydrogen-bond acceptors (Lipinski definition) is 3. The Bertz CT molecular complexity index is 333. The van der Waals surface area contributed by atoms with Gasteiger partial charge in [0.2, 0.25) is 0 Å². The molecule has 0 bridgehead atoms. The first-order valence-corrected chi connectivity index (χ1v) is 3.79. The largest absolute Gasteiger partial charge is 0.495 e. The lowest BCUT2D eigenvalue weighted by Crippen LogP contribution is -2.31. The Morgan fingerprint density at radius 3 is 2.92 bits per heavy atom. The fraction of sp³-hybridized carbons (Fsp3) is 0.111. The van der Waals surface area contributed by atoms with Crippen molar-refractivity contribution in [3.8, 4) is 0 Å². The van der Waals surface area contributed by atoms with E-state index in [2.05, 4.69) is 5.32 Å². The van der Waals surface area contributed by atoms with Crippen molar-refractivity contribution in [2.45, 2.75) is 6.17 Å². The van der Waals surface area contributed by atoms with Gasteiger partial charge in [0.05, 0.1) is 0 Å². The van der Waals surface area contributed by atoms with Crippen molar-refractivity contribution < 1.29 is 5.11 Å². The quantitative estimate of drug-likeness (QED) is 0.535. The van der Waals surface area contributed by atoms with E-state index in [1.165, 1.54) is 0 Å². The van der Waals surface area contributed by atoms with Crippen LogP contribution in [0, 0.1) is 0 Å². The van der Waals surface area contributed by atoms with E-state index in [0.717, 1.165) is 11.1 Å². The average molecular weight is 162 g/mol. The third kappa shape index (κ3) is 1.04. The van der Waals surface area contributed by atoms with Crippen LogP contribution in [-0.4, -0.2) is 5.11 Å². The van der Waals surface area contributed by atoms with Gasteiger partial charge in [0.1, 0.15) is 6.17 Å². The van der Waals surface area contributed by atoms with Gasteiger partial charge in [0.25, 0.3) is 0 Å². The van der Waals surface area contributed by atoms with Gasteiger partial charge >= 0.3 is 0 Å². The van der Waals surface area contributed by atoms with E-state index in [1.54, 1.807) is 6.08 Å². The molecule has 1 atom stereocenters. The highest BCUT2D eigenvalue weighted by Gasteiger charge is 2.14. The highest BCUT2D eigenvalue weighted by molar-refractivity contribution is 5.58. The second-order valence-corrected chi connectivity index (χ2v) is 2.78. The van der Waals surface area contributed by atoms with Crippen LogP contribution in [-0.2, 0) is 0 Å². The number of nitrogens with two attached hydrogens (primary N) is 1. The zero-order chi connectivity index (χ0) is 8.55. The molecule has 1 aliphatic rings. The number of benzene rings is 1. The zero-order valence-corrected chi connectivity index (χ0v) is 6.49. The normalized spacial score (nSPS) is 20.8. The molecule has 12 heavy (non-hydrogen) atoms. The molecule has 0 spiro atoms. The predicted molar refractivity (Wildman–Crippen MR) is 47.1 cm³/mol. The molecular weight excluding hydrogens is 152 g/mol. The molecule has 0 amide bonds. The molecule has 0 saturated carbocycles. The van der Waals surface area contributed by atoms with E-state index in [1.807, 2.05) is 24.3 Å². The van der Waals surface area contributed by atoms with Crippen LogP contribution in [0.15, 0.2) is 30.1 Å². The van der Waals surface area contributed by atoms with Crippen molar-refractivity contribution in [3.63, 3.8) is 0 Å². The van der Waals surface area contributed by atoms with Gasteiger partial charge < -0.3 is 16.2 Å². The van der Waals surface area contributed by atoms with Crippen molar-refractivity contribution in [3.05, 3.63) is 41.3 Å². The lowest BCUT2D eigenvalue weighted by atomic mass is 10.0. The molecule has 4 N–H and O–H groups in total. The van der Waals surface area contributed by atoms with Crippen molar-refractivity contribution in [2.24, 2.45) is 5.73 Å². The maximum absolute atomic E-state index is 9.20. The van der Waals surface area contributed by atoms with Crippen molar-refractivity contribution in [2.75, 3.05) is 0 Å². The molecule has 0 radical (unpaired) electrons. The molecule has 1 aromatic carbocycles. The van der Waals surface area contributed by atoms with Gasteiger partial charge in [-0.25, -0.2) is 0 Å². The van der Waals surface area contributed by atoms with E-state index >= 15 is 0 Å². The Hall–Kier alpha value is -1.48. The smallest absolute Gasteiger partial charge is 0.186 e. The minimum atomic E-state index is -0.300. The van der Waals surface area contributed by atoms with Crippen LogP contribution in [0.25, 0.3) is 6.08 Å².